The fourth-order valence-corrected chi connectivity index (χ4v) is 3.15. The summed E-state index contributed by atoms with van der Waals surface area (Å²) in [6.45, 7) is 1.57. The van der Waals surface area contributed by atoms with E-state index in [9.17, 15) is 13.2 Å². The van der Waals surface area contributed by atoms with Crippen molar-refractivity contribution in [3.8, 4) is 0 Å². The molecular weight excluding hydrogens is 294 g/mol. The highest BCUT2D eigenvalue weighted by Crippen LogP contribution is 2.21. The largest absolute Gasteiger partial charge is 0.448 e. The number of furan rings is 1. The molecule has 1 aliphatic carbocycles. The minimum absolute atomic E-state index is 0.0796. The molecular formula is C13H21N3O4S. The smallest absolute Gasteiger partial charge is 0.273 e. The quantitative estimate of drug-likeness (QED) is 0.748. The number of nitrogens with two attached hydrogens (primary N) is 1. The van der Waals surface area contributed by atoms with Crippen molar-refractivity contribution in [2.24, 2.45) is 5.73 Å². The predicted molar refractivity (Wildman–Crippen MR) is 77.4 cm³/mol. The number of carbonyl (C=O) groups excluding carboxylic acids is 1. The van der Waals surface area contributed by atoms with E-state index in [-0.39, 0.29) is 34.4 Å². The van der Waals surface area contributed by atoms with Crippen LogP contribution in [0.2, 0.25) is 0 Å². The number of sulfonamides is 1. The van der Waals surface area contributed by atoms with E-state index in [4.69, 9.17) is 10.2 Å². The fraction of sp³-hybridized carbons (Fsp3) is 0.615. The lowest BCUT2D eigenvalue weighted by Crippen LogP contribution is -2.40. The van der Waals surface area contributed by atoms with Crippen LogP contribution in [0.5, 0.6) is 0 Å². The Labute approximate surface area is 124 Å². The second-order valence-corrected chi connectivity index (χ2v) is 7.15. The molecule has 1 aromatic rings. The van der Waals surface area contributed by atoms with Gasteiger partial charge in [0, 0.05) is 18.2 Å². The second kappa shape index (κ2) is 6.17. The fourth-order valence-electron chi connectivity index (χ4n) is 2.44. The maximum atomic E-state index is 12.2. The van der Waals surface area contributed by atoms with Crippen LogP contribution in [-0.2, 0) is 10.0 Å². The monoisotopic (exact) mass is 315 g/mol. The SMILES string of the molecule is CNS(=O)(=O)c1cc(C(=O)NC2CCC(N)CC2)c(C)o1. The number of aryl methyl sites for hydroxylation is 1. The lowest BCUT2D eigenvalue weighted by atomic mass is 9.91. The van der Waals surface area contributed by atoms with Crippen LogP contribution < -0.4 is 15.8 Å². The van der Waals surface area contributed by atoms with Gasteiger partial charge in [-0.05, 0) is 39.7 Å². The van der Waals surface area contributed by atoms with Crippen molar-refractivity contribution >= 4 is 15.9 Å². The molecule has 4 N–H and O–H groups in total. The molecule has 0 spiro atoms. The van der Waals surface area contributed by atoms with Gasteiger partial charge < -0.3 is 15.5 Å². The normalized spacial score (nSPS) is 23.0. The average molecular weight is 315 g/mol. The van der Waals surface area contributed by atoms with Gasteiger partial charge in [0.15, 0.2) is 0 Å². The zero-order valence-electron chi connectivity index (χ0n) is 12.2. The van der Waals surface area contributed by atoms with Gasteiger partial charge in [0.1, 0.15) is 5.76 Å². The number of rotatable bonds is 4. The van der Waals surface area contributed by atoms with Crippen molar-refractivity contribution < 1.29 is 17.6 Å². The summed E-state index contributed by atoms with van der Waals surface area (Å²) in [7, 11) is -2.40. The summed E-state index contributed by atoms with van der Waals surface area (Å²) in [5, 5.41) is 2.66. The summed E-state index contributed by atoms with van der Waals surface area (Å²) < 4.78 is 30.7. The maximum absolute atomic E-state index is 12.2. The van der Waals surface area contributed by atoms with Crippen molar-refractivity contribution in [2.45, 2.75) is 49.8 Å². The number of amides is 1. The Bertz CT molecular complexity index is 615. The van der Waals surface area contributed by atoms with Crippen LogP contribution in [0.15, 0.2) is 15.6 Å². The molecule has 1 fully saturated rings. The Hall–Kier alpha value is -1.38. The van der Waals surface area contributed by atoms with Crippen LogP contribution in [-0.4, -0.2) is 33.5 Å². The van der Waals surface area contributed by atoms with E-state index < -0.39 is 10.0 Å². The zero-order valence-corrected chi connectivity index (χ0v) is 13.0. The van der Waals surface area contributed by atoms with Gasteiger partial charge >= 0.3 is 0 Å². The Balaban J connectivity index is 2.09. The van der Waals surface area contributed by atoms with Crippen molar-refractivity contribution in [3.63, 3.8) is 0 Å². The van der Waals surface area contributed by atoms with E-state index in [2.05, 4.69) is 10.0 Å². The molecule has 2 rings (SSSR count). The lowest BCUT2D eigenvalue weighted by Gasteiger charge is -2.26. The highest BCUT2D eigenvalue weighted by molar-refractivity contribution is 7.89. The van der Waals surface area contributed by atoms with E-state index in [0.717, 1.165) is 25.7 Å². The summed E-state index contributed by atoms with van der Waals surface area (Å²) in [6.07, 6.45) is 3.44. The Morgan fingerprint density at radius 1 is 1.33 bits per heavy atom. The third kappa shape index (κ3) is 3.63. The lowest BCUT2D eigenvalue weighted by molar-refractivity contribution is 0.0924. The first-order valence-corrected chi connectivity index (χ1v) is 8.42. The van der Waals surface area contributed by atoms with Gasteiger partial charge in [-0.15, -0.1) is 0 Å². The summed E-state index contributed by atoms with van der Waals surface area (Å²) >= 11 is 0. The standard InChI is InChI=1S/C13H21N3O4S/c1-8-11(7-12(20-8)21(18,19)15-2)13(17)16-10-5-3-9(14)4-6-10/h7,9-10,15H,3-6,14H2,1-2H3,(H,16,17). The number of nitrogens with one attached hydrogen (secondary N) is 2. The highest BCUT2D eigenvalue weighted by atomic mass is 32.2. The number of carbonyl (C=O) groups is 1. The highest BCUT2D eigenvalue weighted by Gasteiger charge is 2.25. The van der Waals surface area contributed by atoms with Crippen LogP contribution in [0.3, 0.4) is 0 Å². The average Bonchev–Trinajstić information content (AvgIpc) is 2.84. The molecule has 1 aliphatic rings. The van der Waals surface area contributed by atoms with E-state index >= 15 is 0 Å². The van der Waals surface area contributed by atoms with Crippen LogP contribution >= 0.6 is 0 Å². The van der Waals surface area contributed by atoms with Gasteiger partial charge in [-0.25, -0.2) is 13.1 Å². The molecule has 0 radical (unpaired) electrons. The van der Waals surface area contributed by atoms with Gasteiger partial charge in [0.05, 0.1) is 5.56 Å². The van der Waals surface area contributed by atoms with E-state index in [1.54, 1.807) is 6.92 Å². The summed E-state index contributed by atoms with van der Waals surface area (Å²) in [5.74, 6) is -0.0249. The molecule has 7 nitrogen and oxygen atoms in total. The van der Waals surface area contributed by atoms with E-state index in [1.807, 2.05) is 0 Å². The molecule has 8 heteroatoms. The molecule has 0 aromatic carbocycles. The van der Waals surface area contributed by atoms with Crippen molar-refractivity contribution in [1.82, 2.24) is 10.0 Å². The maximum Gasteiger partial charge on any atom is 0.273 e. The third-order valence-electron chi connectivity index (χ3n) is 3.78. The minimum Gasteiger partial charge on any atom is -0.448 e. The van der Waals surface area contributed by atoms with Gasteiger partial charge in [0.25, 0.3) is 15.9 Å². The van der Waals surface area contributed by atoms with E-state index in [0.29, 0.717) is 0 Å². The molecule has 1 saturated carbocycles. The molecule has 0 aliphatic heterocycles. The Morgan fingerprint density at radius 3 is 2.52 bits per heavy atom. The third-order valence-corrected chi connectivity index (χ3v) is 5.05. The molecule has 1 aromatic heterocycles. The van der Waals surface area contributed by atoms with Crippen molar-refractivity contribution in [2.75, 3.05) is 7.05 Å². The predicted octanol–water partition coefficient (Wildman–Crippen LogP) is 0.496. The molecule has 118 valence electrons. The van der Waals surface area contributed by atoms with Gasteiger partial charge in [-0.2, -0.15) is 0 Å². The molecule has 1 heterocycles. The number of hydrogen-bond donors (Lipinski definition) is 3. The van der Waals surface area contributed by atoms with Gasteiger partial charge in [-0.1, -0.05) is 0 Å². The van der Waals surface area contributed by atoms with Crippen LogP contribution in [0.4, 0.5) is 0 Å². The number of hydrogen-bond acceptors (Lipinski definition) is 5. The van der Waals surface area contributed by atoms with Gasteiger partial charge in [0.2, 0.25) is 5.09 Å². The molecule has 1 amide bonds. The summed E-state index contributed by atoms with van der Waals surface area (Å²) in [6, 6.07) is 1.54. The molecule has 0 bridgehead atoms. The minimum atomic E-state index is -3.69. The van der Waals surface area contributed by atoms with Crippen LogP contribution in [0, 0.1) is 6.92 Å². The Kier molecular flexibility index (Phi) is 4.70. The van der Waals surface area contributed by atoms with Crippen molar-refractivity contribution in [1.29, 1.82) is 0 Å². The summed E-state index contributed by atoms with van der Waals surface area (Å²) in [5.41, 5.74) is 6.08. The molecule has 0 atom stereocenters. The second-order valence-electron chi connectivity index (χ2n) is 5.33. The first-order valence-electron chi connectivity index (χ1n) is 6.94. The topological polar surface area (TPSA) is 114 Å². The zero-order chi connectivity index (χ0) is 15.6. The molecule has 0 saturated heterocycles. The van der Waals surface area contributed by atoms with Crippen molar-refractivity contribution in [3.05, 3.63) is 17.4 Å². The van der Waals surface area contributed by atoms with E-state index in [1.165, 1.54) is 13.1 Å². The first-order chi connectivity index (χ1) is 9.83. The molecule has 21 heavy (non-hydrogen) atoms. The van der Waals surface area contributed by atoms with Crippen LogP contribution in [0.1, 0.15) is 41.8 Å². The summed E-state index contributed by atoms with van der Waals surface area (Å²) in [4.78, 5) is 12.2. The van der Waals surface area contributed by atoms with Gasteiger partial charge in [-0.3, -0.25) is 4.79 Å². The first kappa shape index (κ1) is 16.0. The van der Waals surface area contributed by atoms with Crippen LogP contribution in [0.25, 0.3) is 0 Å². The molecule has 0 unspecified atom stereocenters. The Morgan fingerprint density at radius 2 is 1.95 bits per heavy atom.